The van der Waals surface area contributed by atoms with Gasteiger partial charge in [0, 0.05) is 0 Å². The number of nitrogens with two attached hydrogens (primary N) is 1. The molecule has 74 valence electrons. The van der Waals surface area contributed by atoms with Crippen molar-refractivity contribution in [2.75, 3.05) is 6.54 Å². The second kappa shape index (κ2) is 3.55. The molecule has 14 heavy (non-hydrogen) atoms. The predicted octanol–water partition coefficient (Wildman–Crippen LogP) is 1.92. The molecule has 1 aromatic heterocycles. The standard InChI is InChI=1S/C10H11NO2S/c1-6(5-11)7-3-2-4-8-9(7)14-10(12)13-8/h2-4,6H,5,11H2,1H3. The van der Waals surface area contributed by atoms with Gasteiger partial charge in [-0.25, -0.2) is 4.79 Å². The largest absolute Gasteiger partial charge is 0.414 e. The minimum Gasteiger partial charge on any atom is -0.414 e. The van der Waals surface area contributed by atoms with E-state index in [0.717, 1.165) is 21.6 Å². The average molecular weight is 209 g/mol. The normalized spacial score (nSPS) is 13.3. The van der Waals surface area contributed by atoms with E-state index in [9.17, 15) is 4.79 Å². The molecule has 1 aromatic carbocycles. The first kappa shape index (κ1) is 9.43. The van der Waals surface area contributed by atoms with Crippen molar-refractivity contribution < 1.29 is 4.42 Å². The van der Waals surface area contributed by atoms with E-state index in [1.165, 1.54) is 0 Å². The number of hydrogen-bond acceptors (Lipinski definition) is 4. The first-order valence-electron chi connectivity index (χ1n) is 4.45. The molecule has 0 saturated carbocycles. The highest BCUT2D eigenvalue weighted by molar-refractivity contribution is 7.16. The molecule has 1 unspecified atom stereocenters. The third kappa shape index (κ3) is 1.47. The molecule has 0 spiro atoms. The molecule has 1 atom stereocenters. The summed E-state index contributed by atoms with van der Waals surface area (Å²) in [5.41, 5.74) is 7.36. The maximum absolute atomic E-state index is 11.1. The molecule has 0 radical (unpaired) electrons. The van der Waals surface area contributed by atoms with Crippen LogP contribution in [0.25, 0.3) is 10.3 Å². The van der Waals surface area contributed by atoms with E-state index in [4.69, 9.17) is 10.2 Å². The van der Waals surface area contributed by atoms with Crippen molar-refractivity contribution in [2.24, 2.45) is 5.73 Å². The molecular weight excluding hydrogens is 198 g/mol. The molecule has 2 aromatic rings. The lowest BCUT2D eigenvalue weighted by molar-refractivity contribution is 0.585. The summed E-state index contributed by atoms with van der Waals surface area (Å²) < 4.78 is 5.95. The minimum atomic E-state index is -0.253. The van der Waals surface area contributed by atoms with E-state index in [0.29, 0.717) is 12.1 Å². The topological polar surface area (TPSA) is 56.2 Å². The number of hydrogen-bond donors (Lipinski definition) is 1. The zero-order valence-corrected chi connectivity index (χ0v) is 8.64. The first-order valence-corrected chi connectivity index (χ1v) is 5.26. The lowest BCUT2D eigenvalue weighted by Gasteiger charge is -2.08. The van der Waals surface area contributed by atoms with Crippen molar-refractivity contribution in [3.8, 4) is 0 Å². The first-order chi connectivity index (χ1) is 6.72. The Balaban J connectivity index is 2.70. The van der Waals surface area contributed by atoms with Gasteiger partial charge in [0.2, 0.25) is 0 Å². The van der Waals surface area contributed by atoms with Gasteiger partial charge in [0.05, 0.1) is 4.70 Å². The van der Waals surface area contributed by atoms with E-state index in [-0.39, 0.29) is 10.9 Å². The second-order valence-corrected chi connectivity index (χ2v) is 4.21. The summed E-state index contributed by atoms with van der Waals surface area (Å²) in [5.74, 6) is 0.256. The highest BCUT2D eigenvalue weighted by atomic mass is 32.1. The smallest absolute Gasteiger partial charge is 0.396 e. The van der Waals surface area contributed by atoms with Crippen LogP contribution in [0, 0.1) is 0 Å². The van der Waals surface area contributed by atoms with Crippen LogP contribution in [-0.4, -0.2) is 6.54 Å². The fourth-order valence-electron chi connectivity index (χ4n) is 1.43. The Morgan fingerprint density at radius 1 is 1.57 bits per heavy atom. The molecule has 0 bridgehead atoms. The molecule has 0 aliphatic rings. The van der Waals surface area contributed by atoms with Crippen molar-refractivity contribution in [1.29, 1.82) is 0 Å². The summed E-state index contributed by atoms with van der Waals surface area (Å²) in [4.78, 5) is 10.8. The fraction of sp³-hybridized carbons (Fsp3) is 0.300. The lowest BCUT2D eigenvalue weighted by Crippen LogP contribution is -2.08. The van der Waals surface area contributed by atoms with Crippen LogP contribution in [0.1, 0.15) is 18.4 Å². The van der Waals surface area contributed by atoms with Crippen LogP contribution < -0.4 is 10.7 Å². The number of benzene rings is 1. The van der Waals surface area contributed by atoms with Crippen LogP contribution in [0.5, 0.6) is 0 Å². The third-order valence-electron chi connectivity index (χ3n) is 2.27. The van der Waals surface area contributed by atoms with Gasteiger partial charge in [0.15, 0.2) is 0 Å². The minimum absolute atomic E-state index is 0.253. The molecule has 0 saturated heterocycles. The zero-order valence-electron chi connectivity index (χ0n) is 7.82. The summed E-state index contributed by atoms with van der Waals surface area (Å²) in [6.45, 7) is 2.62. The number of rotatable bonds is 2. The molecule has 0 aliphatic heterocycles. The molecule has 0 amide bonds. The van der Waals surface area contributed by atoms with Gasteiger partial charge in [0.25, 0.3) is 0 Å². The van der Waals surface area contributed by atoms with Crippen molar-refractivity contribution in [1.82, 2.24) is 0 Å². The zero-order chi connectivity index (χ0) is 10.1. The van der Waals surface area contributed by atoms with E-state index in [1.54, 1.807) is 6.07 Å². The second-order valence-electron chi connectivity index (χ2n) is 3.27. The maximum atomic E-state index is 11.1. The Morgan fingerprint density at radius 3 is 3.07 bits per heavy atom. The van der Waals surface area contributed by atoms with Crippen LogP contribution in [0.2, 0.25) is 0 Å². The Hall–Kier alpha value is -1.13. The number of fused-ring (bicyclic) bond motifs is 1. The van der Waals surface area contributed by atoms with Gasteiger partial charge in [-0.2, -0.15) is 0 Å². The summed E-state index contributed by atoms with van der Waals surface area (Å²) in [7, 11) is 0. The Kier molecular flexibility index (Phi) is 2.39. The van der Waals surface area contributed by atoms with Gasteiger partial charge in [0.1, 0.15) is 5.58 Å². The van der Waals surface area contributed by atoms with Gasteiger partial charge in [-0.3, -0.25) is 0 Å². The van der Waals surface area contributed by atoms with Crippen molar-refractivity contribution >= 4 is 21.6 Å². The molecule has 2 rings (SSSR count). The molecule has 0 fully saturated rings. The van der Waals surface area contributed by atoms with E-state index in [1.807, 2.05) is 19.1 Å². The monoisotopic (exact) mass is 209 g/mol. The molecular formula is C10H11NO2S. The van der Waals surface area contributed by atoms with Crippen molar-refractivity contribution in [3.05, 3.63) is 33.5 Å². The van der Waals surface area contributed by atoms with Crippen LogP contribution in [-0.2, 0) is 0 Å². The predicted molar refractivity (Wildman–Crippen MR) is 57.8 cm³/mol. The van der Waals surface area contributed by atoms with Gasteiger partial charge in [-0.05, 0) is 24.1 Å². The summed E-state index contributed by atoms with van der Waals surface area (Å²) in [6, 6.07) is 5.69. The van der Waals surface area contributed by atoms with Crippen LogP contribution in [0.4, 0.5) is 0 Å². The average Bonchev–Trinajstić information content (AvgIpc) is 2.56. The molecule has 3 nitrogen and oxygen atoms in total. The van der Waals surface area contributed by atoms with E-state index < -0.39 is 0 Å². The van der Waals surface area contributed by atoms with E-state index in [2.05, 4.69) is 0 Å². The summed E-state index contributed by atoms with van der Waals surface area (Å²) in [5, 5.41) is 0. The SMILES string of the molecule is CC(CN)c1cccc2oc(=O)sc12. The Labute approximate surface area is 85.2 Å². The Bertz CT molecular complexity index is 500. The van der Waals surface area contributed by atoms with Crippen LogP contribution in [0.15, 0.2) is 27.4 Å². The highest BCUT2D eigenvalue weighted by Crippen LogP contribution is 2.26. The summed E-state index contributed by atoms with van der Waals surface area (Å²) >= 11 is 1.14. The molecule has 1 heterocycles. The van der Waals surface area contributed by atoms with Gasteiger partial charge in [-0.1, -0.05) is 30.4 Å². The highest BCUT2D eigenvalue weighted by Gasteiger charge is 2.11. The lowest BCUT2D eigenvalue weighted by atomic mass is 10.0. The quantitative estimate of drug-likeness (QED) is 0.822. The van der Waals surface area contributed by atoms with E-state index >= 15 is 0 Å². The molecule has 0 aliphatic carbocycles. The fourth-order valence-corrected chi connectivity index (χ4v) is 2.33. The molecule has 4 heteroatoms. The summed E-state index contributed by atoms with van der Waals surface area (Å²) in [6.07, 6.45) is 0. The van der Waals surface area contributed by atoms with Crippen molar-refractivity contribution in [3.63, 3.8) is 0 Å². The maximum Gasteiger partial charge on any atom is 0.396 e. The van der Waals surface area contributed by atoms with Crippen LogP contribution >= 0.6 is 11.3 Å². The van der Waals surface area contributed by atoms with Gasteiger partial charge in [-0.15, -0.1) is 0 Å². The molecule has 2 N–H and O–H groups in total. The third-order valence-corrected chi connectivity index (χ3v) is 3.16. The van der Waals surface area contributed by atoms with Crippen molar-refractivity contribution in [2.45, 2.75) is 12.8 Å². The Morgan fingerprint density at radius 2 is 2.36 bits per heavy atom. The van der Waals surface area contributed by atoms with Gasteiger partial charge < -0.3 is 10.2 Å². The van der Waals surface area contributed by atoms with Gasteiger partial charge >= 0.3 is 4.94 Å². The van der Waals surface area contributed by atoms with Crippen LogP contribution in [0.3, 0.4) is 0 Å².